The number of hydrogen-bond acceptors (Lipinski definition) is 4. The molecule has 0 atom stereocenters. The lowest BCUT2D eigenvalue weighted by atomic mass is 9.85. The average Bonchev–Trinajstić information content (AvgIpc) is 2.60. The third-order valence-corrected chi connectivity index (χ3v) is 4.18. The number of para-hydroxylation sites is 1. The van der Waals surface area contributed by atoms with Gasteiger partial charge in [-0.15, -0.1) is 0 Å². The molecule has 0 saturated heterocycles. The minimum Gasteiger partial charge on any atom is -0.465 e. The van der Waals surface area contributed by atoms with Gasteiger partial charge in [0.1, 0.15) is 0 Å². The summed E-state index contributed by atoms with van der Waals surface area (Å²) in [7, 11) is 0. The quantitative estimate of drug-likeness (QED) is 0.619. The number of pyridine rings is 1. The number of fused-ring (bicyclic) bond motifs is 1. The molecule has 1 N–H and O–H groups in total. The van der Waals surface area contributed by atoms with E-state index in [1.54, 1.807) is 53.0 Å². The Morgan fingerprint density at radius 1 is 1.08 bits per heavy atom. The summed E-state index contributed by atoms with van der Waals surface area (Å²) in [6.07, 6.45) is 5.18. The second kappa shape index (κ2) is 7.68. The van der Waals surface area contributed by atoms with E-state index < -0.39 is 10.8 Å². The molecule has 0 fully saturated rings. The lowest BCUT2D eigenvalue weighted by Gasteiger charge is -2.23. The highest BCUT2D eigenvalue weighted by Crippen LogP contribution is 2.28. The molecule has 1 amide bonds. The van der Waals surface area contributed by atoms with E-state index in [0.29, 0.717) is 12.3 Å². The first-order chi connectivity index (χ1) is 12.2. The van der Waals surface area contributed by atoms with Crippen molar-refractivity contribution in [3.05, 3.63) is 48.7 Å². The monoisotopic (exact) mass is 354 g/mol. The number of rotatable bonds is 6. The second-order valence-electron chi connectivity index (χ2n) is 7.33. The molecule has 0 bridgehead atoms. The van der Waals surface area contributed by atoms with Gasteiger partial charge >= 0.3 is 5.97 Å². The van der Waals surface area contributed by atoms with E-state index in [2.05, 4.69) is 10.3 Å². The first-order valence-corrected chi connectivity index (χ1v) is 8.70. The lowest BCUT2D eigenvalue weighted by molar-refractivity contribution is -0.150. The van der Waals surface area contributed by atoms with Gasteiger partial charge in [0.2, 0.25) is 5.91 Å². The van der Waals surface area contributed by atoms with Crippen molar-refractivity contribution >= 4 is 28.5 Å². The van der Waals surface area contributed by atoms with Gasteiger partial charge in [-0.2, -0.15) is 0 Å². The molecule has 0 spiro atoms. The van der Waals surface area contributed by atoms with Crippen LogP contribution in [0, 0.1) is 10.8 Å². The van der Waals surface area contributed by atoms with E-state index in [1.165, 1.54) is 0 Å². The number of amides is 1. The molecule has 138 valence electrons. The maximum absolute atomic E-state index is 12.8. The number of carbonyl (C=O) groups is 2. The number of nitrogens with zero attached hydrogens (tertiary/aromatic N) is 1. The van der Waals surface area contributed by atoms with E-state index in [-0.39, 0.29) is 11.9 Å². The molecule has 0 aliphatic rings. The van der Waals surface area contributed by atoms with Crippen molar-refractivity contribution in [3.63, 3.8) is 0 Å². The second-order valence-corrected chi connectivity index (χ2v) is 7.33. The highest BCUT2D eigenvalue weighted by atomic mass is 16.5. The van der Waals surface area contributed by atoms with Gasteiger partial charge in [-0.05, 0) is 46.8 Å². The Morgan fingerprint density at radius 3 is 2.42 bits per heavy atom. The fourth-order valence-electron chi connectivity index (χ4n) is 2.37. The van der Waals surface area contributed by atoms with Crippen LogP contribution in [0.2, 0.25) is 0 Å². The van der Waals surface area contributed by atoms with Gasteiger partial charge in [-0.1, -0.05) is 30.4 Å². The molecule has 0 aliphatic carbocycles. The first-order valence-electron chi connectivity index (χ1n) is 8.70. The van der Waals surface area contributed by atoms with Crippen LogP contribution < -0.4 is 5.32 Å². The van der Waals surface area contributed by atoms with Crippen molar-refractivity contribution < 1.29 is 14.3 Å². The van der Waals surface area contributed by atoms with E-state index in [1.807, 2.05) is 30.3 Å². The topological polar surface area (TPSA) is 68.3 Å². The summed E-state index contributed by atoms with van der Waals surface area (Å²) in [4.78, 5) is 29.1. The number of anilines is 1. The summed E-state index contributed by atoms with van der Waals surface area (Å²) in [6.45, 7) is 9.24. The molecule has 5 heteroatoms. The summed E-state index contributed by atoms with van der Waals surface area (Å²) in [5, 5.41) is 3.91. The minimum absolute atomic E-state index is 0.174. The Hall–Kier alpha value is -2.69. The fraction of sp³-hybridized carbons (Fsp3) is 0.381. The molecular weight excluding hydrogens is 328 g/mol. The van der Waals surface area contributed by atoms with Crippen molar-refractivity contribution in [1.29, 1.82) is 0 Å². The van der Waals surface area contributed by atoms with Crippen molar-refractivity contribution in [2.45, 2.75) is 34.6 Å². The van der Waals surface area contributed by atoms with Gasteiger partial charge in [0.15, 0.2) is 0 Å². The third-order valence-electron chi connectivity index (χ3n) is 4.18. The van der Waals surface area contributed by atoms with Crippen molar-refractivity contribution in [1.82, 2.24) is 4.98 Å². The first kappa shape index (κ1) is 19.6. The lowest BCUT2D eigenvalue weighted by Crippen LogP contribution is -2.31. The standard InChI is InChI=1S/C21H26N2O3/c1-6-26-19(25)21(4,5)13-12-20(2,3)18(24)23-16-11-7-9-15-10-8-14-22-17(15)16/h7-14H,6H2,1-5H3,(H,23,24)/b13-12+. The Kier molecular flexibility index (Phi) is 5.80. The number of esters is 1. The molecule has 0 aliphatic heterocycles. The zero-order valence-electron chi connectivity index (χ0n) is 16.0. The van der Waals surface area contributed by atoms with Gasteiger partial charge < -0.3 is 10.1 Å². The highest BCUT2D eigenvalue weighted by molar-refractivity contribution is 6.02. The van der Waals surface area contributed by atoms with Crippen LogP contribution in [0.15, 0.2) is 48.7 Å². The van der Waals surface area contributed by atoms with Crippen LogP contribution in [-0.2, 0) is 14.3 Å². The van der Waals surface area contributed by atoms with Crippen LogP contribution in [0.5, 0.6) is 0 Å². The van der Waals surface area contributed by atoms with E-state index in [9.17, 15) is 9.59 Å². The van der Waals surface area contributed by atoms with Crippen molar-refractivity contribution in [2.24, 2.45) is 10.8 Å². The maximum Gasteiger partial charge on any atom is 0.315 e. The van der Waals surface area contributed by atoms with Gasteiger partial charge in [0.05, 0.1) is 28.6 Å². The summed E-state index contributed by atoms with van der Waals surface area (Å²) in [5.41, 5.74) is -0.191. The number of hydrogen-bond donors (Lipinski definition) is 1. The van der Waals surface area contributed by atoms with Crippen LogP contribution in [0.1, 0.15) is 34.6 Å². The molecule has 2 aromatic rings. The third kappa shape index (κ3) is 4.48. The molecule has 1 aromatic carbocycles. The predicted octanol–water partition coefficient (Wildman–Crippen LogP) is 4.35. The predicted molar refractivity (Wildman–Crippen MR) is 104 cm³/mol. The van der Waals surface area contributed by atoms with Crippen molar-refractivity contribution in [3.8, 4) is 0 Å². The van der Waals surface area contributed by atoms with Crippen LogP contribution in [0.3, 0.4) is 0 Å². The van der Waals surface area contributed by atoms with E-state index in [4.69, 9.17) is 4.74 Å². The molecule has 1 heterocycles. The number of aromatic nitrogens is 1. The maximum atomic E-state index is 12.8. The minimum atomic E-state index is -0.805. The number of carbonyl (C=O) groups excluding carboxylic acids is 2. The Morgan fingerprint density at radius 2 is 1.73 bits per heavy atom. The summed E-state index contributed by atoms with van der Waals surface area (Å²) in [5.74, 6) is -0.489. The normalized spacial score (nSPS) is 12.3. The summed E-state index contributed by atoms with van der Waals surface area (Å²) >= 11 is 0. The molecule has 2 rings (SSSR count). The molecule has 0 saturated carbocycles. The number of ether oxygens (including phenoxy) is 1. The van der Waals surface area contributed by atoms with Crippen molar-refractivity contribution in [2.75, 3.05) is 11.9 Å². The highest BCUT2D eigenvalue weighted by Gasteiger charge is 2.30. The average molecular weight is 354 g/mol. The van der Waals surface area contributed by atoms with Gasteiger partial charge in [-0.25, -0.2) is 0 Å². The van der Waals surface area contributed by atoms with Gasteiger partial charge in [-0.3, -0.25) is 14.6 Å². The largest absolute Gasteiger partial charge is 0.465 e. The Bertz CT molecular complexity index is 833. The van der Waals surface area contributed by atoms with Crippen LogP contribution >= 0.6 is 0 Å². The molecule has 1 aromatic heterocycles. The van der Waals surface area contributed by atoms with E-state index in [0.717, 1.165) is 10.9 Å². The molecule has 0 unspecified atom stereocenters. The molecule has 26 heavy (non-hydrogen) atoms. The van der Waals surface area contributed by atoms with Crippen LogP contribution in [0.4, 0.5) is 5.69 Å². The Labute approximate surface area is 154 Å². The zero-order valence-corrected chi connectivity index (χ0v) is 16.0. The molecular formula is C21H26N2O3. The summed E-state index contributed by atoms with van der Waals surface area (Å²) < 4.78 is 5.08. The fourth-order valence-corrected chi connectivity index (χ4v) is 2.37. The zero-order chi connectivity index (χ0) is 19.4. The van der Waals surface area contributed by atoms with E-state index >= 15 is 0 Å². The summed E-state index contributed by atoms with van der Waals surface area (Å²) in [6, 6.07) is 9.47. The Balaban J connectivity index is 2.19. The smallest absolute Gasteiger partial charge is 0.315 e. The molecule has 0 radical (unpaired) electrons. The van der Waals surface area contributed by atoms with Gasteiger partial charge in [0, 0.05) is 11.6 Å². The number of benzene rings is 1. The van der Waals surface area contributed by atoms with Crippen LogP contribution in [-0.4, -0.2) is 23.5 Å². The SMILES string of the molecule is CCOC(=O)C(C)(C)/C=C/C(C)(C)C(=O)Nc1cccc2cccnc12. The van der Waals surface area contributed by atoms with Crippen LogP contribution in [0.25, 0.3) is 10.9 Å². The molecule has 5 nitrogen and oxygen atoms in total. The number of nitrogens with one attached hydrogen (secondary N) is 1. The van der Waals surface area contributed by atoms with Gasteiger partial charge in [0.25, 0.3) is 0 Å².